The summed E-state index contributed by atoms with van der Waals surface area (Å²) in [5.41, 5.74) is 4.59. The molecular formula is C27H20F2. The van der Waals surface area contributed by atoms with Gasteiger partial charge < -0.3 is 0 Å². The summed E-state index contributed by atoms with van der Waals surface area (Å²) in [5, 5.41) is 1.73. The number of fused-ring (bicyclic) bond motifs is 1. The van der Waals surface area contributed by atoms with Gasteiger partial charge in [-0.15, -0.1) is 0 Å². The fourth-order valence-electron chi connectivity index (χ4n) is 3.29. The minimum absolute atomic E-state index is 0.263. The molecule has 0 atom stereocenters. The fourth-order valence-corrected chi connectivity index (χ4v) is 3.29. The zero-order chi connectivity index (χ0) is 20.2. The summed E-state index contributed by atoms with van der Waals surface area (Å²) < 4.78 is 27.8. The molecule has 0 saturated heterocycles. The molecule has 0 bridgehead atoms. The molecule has 0 amide bonds. The molecule has 4 aromatic carbocycles. The van der Waals surface area contributed by atoms with E-state index in [1.54, 1.807) is 18.2 Å². The predicted molar refractivity (Wildman–Crippen MR) is 115 cm³/mol. The Morgan fingerprint density at radius 1 is 0.655 bits per heavy atom. The van der Waals surface area contributed by atoms with E-state index in [2.05, 4.69) is 43.0 Å². The monoisotopic (exact) mass is 382 g/mol. The van der Waals surface area contributed by atoms with Gasteiger partial charge in [-0.25, -0.2) is 8.78 Å². The van der Waals surface area contributed by atoms with Crippen molar-refractivity contribution in [2.45, 2.75) is 19.8 Å². The Bertz CT molecular complexity index is 1230. The molecule has 0 aromatic heterocycles. The maximum Gasteiger partial charge on any atom is 0.139 e. The Balaban J connectivity index is 1.48. The summed E-state index contributed by atoms with van der Waals surface area (Å²) >= 11 is 0. The van der Waals surface area contributed by atoms with Crippen LogP contribution in [0.15, 0.2) is 78.9 Å². The lowest BCUT2D eigenvalue weighted by molar-refractivity contribution is 0.621. The lowest BCUT2D eigenvalue weighted by Gasteiger charge is -2.04. The minimum Gasteiger partial charge on any atom is -0.207 e. The molecule has 4 aromatic rings. The van der Waals surface area contributed by atoms with Crippen LogP contribution in [0.1, 0.15) is 27.8 Å². The van der Waals surface area contributed by atoms with Crippen LogP contribution in [-0.4, -0.2) is 0 Å². The number of aryl methyl sites for hydroxylation is 3. The first-order valence-electron chi connectivity index (χ1n) is 9.62. The lowest BCUT2D eigenvalue weighted by atomic mass is 10.0. The second-order valence-corrected chi connectivity index (χ2v) is 7.26. The molecule has 0 spiro atoms. The first-order chi connectivity index (χ1) is 14.1. The molecule has 4 rings (SSSR count). The molecule has 0 heterocycles. The average Bonchev–Trinajstić information content (AvgIpc) is 2.72. The van der Waals surface area contributed by atoms with Gasteiger partial charge >= 0.3 is 0 Å². The highest BCUT2D eigenvalue weighted by Crippen LogP contribution is 2.18. The van der Waals surface area contributed by atoms with Gasteiger partial charge in [0.15, 0.2) is 0 Å². The summed E-state index contributed by atoms with van der Waals surface area (Å²) in [4.78, 5) is 0. The fraction of sp³-hybridized carbons (Fsp3) is 0.111. The SMILES string of the molecule is Cc1ccc(CCc2ccc(C#Cc3ccc4cc(F)ccc4c3)c(F)c2)cc1. The summed E-state index contributed by atoms with van der Waals surface area (Å²) in [7, 11) is 0. The van der Waals surface area contributed by atoms with Gasteiger partial charge in [0.25, 0.3) is 0 Å². The largest absolute Gasteiger partial charge is 0.207 e. The van der Waals surface area contributed by atoms with E-state index in [9.17, 15) is 8.78 Å². The Hall–Kier alpha value is -3.44. The predicted octanol–water partition coefficient (Wildman–Crippen LogP) is 6.61. The summed E-state index contributed by atoms with van der Waals surface area (Å²) in [6.07, 6.45) is 1.66. The van der Waals surface area contributed by atoms with E-state index in [0.717, 1.165) is 34.7 Å². The molecule has 0 nitrogen and oxygen atoms in total. The van der Waals surface area contributed by atoms with Crippen LogP contribution in [-0.2, 0) is 12.8 Å². The first-order valence-corrected chi connectivity index (χ1v) is 9.62. The van der Waals surface area contributed by atoms with Crippen molar-refractivity contribution < 1.29 is 8.78 Å². The number of rotatable bonds is 3. The summed E-state index contributed by atoms with van der Waals surface area (Å²) in [6, 6.07) is 23.8. The molecule has 0 unspecified atom stereocenters. The van der Waals surface area contributed by atoms with Crippen LogP contribution in [0.2, 0.25) is 0 Å². The quantitative estimate of drug-likeness (QED) is 0.350. The van der Waals surface area contributed by atoms with Gasteiger partial charge in [-0.05, 0) is 78.1 Å². The molecule has 142 valence electrons. The minimum atomic E-state index is -0.304. The van der Waals surface area contributed by atoms with Crippen LogP contribution in [0.5, 0.6) is 0 Å². The van der Waals surface area contributed by atoms with Gasteiger partial charge in [0.05, 0.1) is 5.56 Å². The molecule has 0 aliphatic carbocycles. The second-order valence-electron chi connectivity index (χ2n) is 7.26. The van der Waals surface area contributed by atoms with Gasteiger partial charge in [-0.1, -0.05) is 59.9 Å². The maximum absolute atomic E-state index is 14.5. The molecule has 0 aliphatic rings. The van der Waals surface area contributed by atoms with Gasteiger partial charge in [-0.2, -0.15) is 0 Å². The zero-order valence-corrected chi connectivity index (χ0v) is 16.2. The second kappa shape index (κ2) is 8.29. The first kappa shape index (κ1) is 18.9. The molecule has 0 aliphatic heterocycles. The van der Waals surface area contributed by atoms with E-state index in [1.165, 1.54) is 23.3 Å². The number of halogens is 2. The Morgan fingerprint density at radius 3 is 2.14 bits per heavy atom. The molecule has 29 heavy (non-hydrogen) atoms. The van der Waals surface area contributed by atoms with E-state index >= 15 is 0 Å². The van der Waals surface area contributed by atoms with Gasteiger partial charge in [0.1, 0.15) is 11.6 Å². The molecule has 0 N–H and O–H groups in total. The molecular weight excluding hydrogens is 362 g/mol. The third-order valence-corrected chi connectivity index (χ3v) is 5.00. The van der Waals surface area contributed by atoms with Crippen LogP contribution >= 0.6 is 0 Å². The van der Waals surface area contributed by atoms with E-state index in [-0.39, 0.29) is 11.6 Å². The van der Waals surface area contributed by atoms with E-state index < -0.39 is 0 Å². The normalized spacial score (nSPS) is 10.6. The standard InChI is InChI=1S/C27H20F2/c1-19-2-4-20(5-3-19)6-7-22-9-12-23(27(29)17-22)11-8-21-10-13-25-18-26(28)15-14-24(25)16-21/h2-5,9-10,12-18H,6-7H2,1H3. The summed E-state index contributed by atoms with van der Waals surface area (Å²) in [6.45, 7) is 2.07. The molecule has 2 heteroatoms. The molecule has 0 fully saturated rings. The van der Waals surface area contributed by atoms with Crippen LogP contribution < -0.4 is 0 Å². The van der Waals surface area contributed by atoms with E-state index in [1.807, 2.05) is 24.3 Å². The highest BCUT2D eigenvalue weighted by atomic mass is 19.1. The van der Waals surface area contributed by atoms with Crippen molar-refractivity contribution in [3.05, 3.63) is 118 Å². The van der Waals surface area contributed by atoms with Crippen LogP contribution in [0, 0.1) is 30.4 Å². The number of benzene rings is 4. The highest BCUT2D eigenvalue weighted by Gasteiger charge is 2.03. The van der Waals surface area contributed by atoms with Crippen molar-refractivity contribution in [3.8, 4) is 11.8 Å². The van der Waals surface area contributed by atoms with Gasteiger partial charge in [-0.3, -0.25) is 0 Å². The molecule has 0 saturated carbocycles. The Kier molecular flexibility index (Phi) is 5.40. The average molecular weight is 382 g/mol. The third kappa shape index (κ3) is 4.70. The Labute approximate surface area is 169 Å². The third-order valence-electron chi connectivity index (χ3n) is 5.00. The van der Waals surface area contributed by atoms with Crippen molar-refractivity contribution >= 4 is 10.8 Å². The van der Waals surface area contributed by atoms with Gasteiger partial charge in [0, 0.05) is 5.56 Å². The van der Waals surface area contributed by atoms with Crippen molar-refractivity contribution in [2.75, 3.05) is 0 Å². The molecule has 0 radical (unpaired) electrons. The van der Waals surface area contributed by atoms with Crippen molar-refractivity contribution in [1.29, 1.82) is 0 Å². The van der Waals surface area contributed by atoms with Crippen molar-refractivity contribution in [2.24, 2.45) is 0 Å². The summed E-state index contributed by atoms with van der Waals surface area (Å²) in [5.74, 6) is 5.35. The van der Waals surface area contributed by atoms with Crippen LogP contribution in [0.3, 0.4) is 0 Å². The van der Waals surface area contributed by atoms with Crippen molar-refractivity contribution in [1.82, 2.24) is 0 Å². The van der Waals surface area contributed by atoms with E-state index in [4.69, 9.17) is 0 Å². The van der Waals surface area contributed by atoms with E-state index in [0.29, 0.717) is 5.56 Å². The lowest BCUT2D eigenvalue weighted by Crippen LogP contribution is -1.94. The van der Waals surface area contributed by atoms with Crippen molar-refractivity contribution in [3.63, 3.8) is 0 Å². The van der Waals surface area contributed by atoms with Crippen LogP contribution in [0.25, 0.3) is 10.8 Å². The van der Waals surface area contributed by atoms with Gasteiger partial charge in [0.2, 0.25) is 0 Å². The Morgan fingerprint density at radius 2 is 1.34 bits per heavy atom. The maximum atomic E-state index is 14.5. The number of hydrogen-bond donors (Lipinski definition) is 0. The smallest absolute Gasteiger partial charge is 0.139 e. The topological polar surface area (TPSA) is 0 Å². The van der Waals surface area contributed by atoms with Crippen LogP contribution in [0.4, 0.5) is 8.78 Å². The zero-order valence-electron chi connectivity index (χ0n) is 16.2. The highest BCUT2D eigenvalue weighted by molar-refractivity contribution is 5.84. The number of hydrogen-bond acceptors (Lipinski definition) is 0.